The molecule has 1 heterocycles. The number of amides is 1. The fraction of sp³-hybridized carbons (Fsp3) is 0.0952. The third-order valence-electron chi connectivity index (χ3n) is 3.76. The van der Waals surface area contributed by atoms with E-state index in [1.807, 2.05) is 0 Å². The van der Waals surface area contributed by atoms with Crippen LogP contribution >= 0.6 is 15.9 Å². The van der Waals surface area contributed by atoms with Crippen LogP contribution in [0.3, 0.4) is 0 Å². The predicted octanol–water partition coefficient (Wildman–Crippen LogP) is 3.46. The third kappa shape index (κ3) is 5.32. The van der Waals surface area contributed by atoms with Crippen LogP contribution in [0.4, 0.5) is 0 Å². The normalized spacial score (nSPS) is 10.4. The molecular formula is C21H16BrNO6. The van der Waals surface area contributed by atoms with Crippen LogP contribution in [0.1, 0.15) is 10.4 Å². The Morgan fingerprint density at radius 1 is 1.10 bits per heavy atom. The molecule has 2 aromatic carbocycles. The summed E-state index contributed by atoms with van der Waals surface area (Å²) in [6.45, 7) is 3.44. The van der Waals surface area contributed by atoms with Gasteiger partial charge in [-0.2, -0.15) is 0 Å². The van der Waals surface area contributed by atoms with E-state index in [9.17, 15) is 14.4 Å². The lowest BCUT2D eigenvalue weighted by molar-refractivity contribution is -0.136. The molecule has 3 rings (SSSR count). The van der Waals surface area contributed by atoms with E-state index in [-0.39, 0.29) is 30.0 Å². The van der Waals surface area contributed by atoms with Crippen molar-refractivity contribution in [3.05, 3.63) is 81.6 Å². The molecular weight excluding hydrogens is 442 g/mol. The molecule has 7 nitrogen and oxygen atoms in total. The van der Waals surface area contributed by atoms with Crippen molar-refractivity contribution in [1.82, 2.24) is 5.32 Å². The highest BCUT2D eigenvalue weighted by molar-refractivity contribution is 9.10. The molecule has 1 amide bonds. The standard InChI is InChI=1S/C21H16BrNO6/c1-2-9-23-20(25)17-10-13-3-6-16(11-18(13)29-21(17)26)28-19(24)12-27-15-7-4-14(22)5-8-15/h2-8,10-11H,1,9,12H2,(H,23,25). The Hall–Kier alpha value is -3.39. The highest BCUT2D eigenvalue weighted by Crippen LogP contribution is 2.21. The molecule has 3 aromatic rings. The molecule has 1 N–H and O–H groups in total. The number of ether oxygens (including phenoxy) is 2. The second kappa shape index (κ2) is 9.20. The SMILES string of the molecule is C=CCNC(=O)c1cc2ccc(OC(=O)COc3ccc(Br)cc3)cc2oc1=O. The number of nitrogens with one attached hydrogen (secondary N) is 1. The van der Waals surface area contributed by atoms with E-state index in [1.165, 1.54) is 24.3 Å². The van der Waals surface area contributed by atoms with Crippen molar-refractivity contribution in [3.8, 4) is 11.5 Å². The molecule has 0 saturated carbocycles. The molecule has 0 radical (unpaired) electrons. The zero-order valence-electron chi connectivity index (χ0n) is 15.1. The summed E-state index contributed by atoms with van der Waals surface area (Å²) in [6, 6.07) is 12.9. The number of halogens is 1. The van der Waals surface area contributed by atoms with Gasteiger partial charge in [0, 0.05) is 22.5 Å². The molecule has 0 fully saturated rings. The second-order valence-electron chi connectivity index (χ2n) is 5.86. The topological polar surface area (TPSA) is 94.8 Å². The summed E-state index contributed by atoms with van der Waals surface area (Å²) in [5.41, 5.74) is -0.720. The first-order valence-corrected chi connectivity index (χ1v) is 9.31. The van der Waals surface area contributed by atoms with Gasteiger partial charge in [-0.1, -0.05) is 22.0 Å². The van der Waals surface area contributed by atoms with Crippen molar-refractivity contribution in [2.75, 3.05) is 13.2 Å². The number of hydrogen-bond acceptors (Lipinski definition) is 6. The van der Waals surface area contributed by atoms with Crippen molar-refractivity contribution in [1.29, 1.82) is 0 Å². The van der Waals surface area contributed by atoms with Gasteiger partial charge in [-0.05, 0) is 42.5 Å². The molecule has 0 spiro atoms. The molecule has 8 heteroatoms. The quantitative estimate of drug-likeness (QED) is 0.252. The van der Waals surface area contributed by atoms with Crippen molar-refractivity contribution < 1.29 is 23.5 Å². The molecule has 0 atom stereocenters. The van der Waals surface area contributed by atoms with Gasteiger partial charge >= 0.3 is 11.6 Å². The fourth-order valence-corrected chi connectivity index (χ4v) is 2.67. The first-order valence-electron chi connectivity index (χ1n) is 8.52. The maximum Gasteiger partial charge on any atom is 0.349 e. The van der Waals surface area contributed by atoms with Gasteiger partial charge in [0.15, 0.2) is 6.61 Å². The maximum absolute atomic E-state index is 12.1. The van der Waals surface area contributed by atoms with E-state index in [2.05, 4.69) is 27.8 Å². The Bertz CT molecular complexity index is 1120. The lowest BCUT2D eigenvalue weighted by Gasteiger charge is -2.08. The third-order valence-corrected chi connectivity index (χ3v) is 4.29. The van der Waals surface area contributed by atoms with Gasteiger partial charge in [0.1, 0.15) is 22.6 Å². The maximum atomic E-state index is 12.1. The molecule has 29 heavy (non-hydrogen) atoms. The van der Waals surface area contributed by atoms with E-state index in [4.69, 9.17) is 13.9 Å². The van der Waals surface area contributed by atoms with Gasteiger partial charge in [0.25, 0.3) is 5.91 Å². The number of fused-ring (bicyclic) bond motifs is 1. The van der Waals surface area contributed by atoms with Gasteiger partial charge in [-0.15, -0.1) is 6.58 Å². The van der Waals surface area contributed by atoms with Crippen molar-refractivity contribution in [3.63, 3.8) is 0 Å². The molecule has 0 unspecified atom stereocenters. The minimum absolute atomic E-state index is 0.119. The predicted molar refractivity (Wildman–Crippen MR) is 110 cm³/mol. The molecule has 148 valence electrons. The fourth-order valence-electron chi connectivity index (χ4n) is 2.41. The van der Waals surface area contributed by atoms with Crippen LogP contribution in [0, 0.1) is 0 Å². The lowest BCUT2D eigenvalue weighted by Crippen LogP contribution is -2.28. The zero-order chi connectivity index (χ0) is 20.8. The summed E-state index contributed by atoms with van der Waals surface area (Å²) in [6.07, 6.45) is 1.50. The minimum atomic E-state index is -0.791. The summed E-state index contributed by atoms with van der Waals surface area (Å²) in [4.78, 5) is 36.0. The summed E-state index contributed by atoms with van der Waals surface area (Å²) in [5, 5.41) is 3.03. The van der Waals surface area contributed by atoms with Crippen molar-refractivity contribution in [2.45, 2.75) is 0 Å². The monoisotopic (exact) mass is 457 g/mol. The van der Waals surface area contributed by atoms with Gasteiger partial charge in [0.2, 0.25) is 0 Å². The van der Waals surface area contributed by atoms with Crippen LogP contribution in [0.5, 0.6) is 11.5 Å². The van der Waals surface area contributed by atoms with Gasteiger partial charge in [-0.3, -0.25) is 4.79 Å². The lowest BCUT2D eigenvalue weighted by atomic mass is 10.1. The first kappa shape index (κ1) is 20.3. The average Bonchev–Trinajstić information content (AvgIpc) is 2.71. The highest BCUT2D eigenvalue weighted by atomic mass is 79.9. The first-order chi connectivity index (χ1) is 14.0. The van der Waals surface area contributed by atoms with Crippen LogP contribution in [0.25, 0.3) is 11.0 Å². The number of hydrogen-bond donors (Lipinski definition) is 1. The van der Waals surface area contributed by atoms with E-state index in [0.717, 1.165) is 4.47 Å². The highest BCUT2D eigenvalue weighted by Gasteiger charge is 2.14. The zero-order valence-corrected chi connectivity index (χ0v) is 16.7. The largest absolute Gasteiger partial charge is 0.482 e. The van der Waals surface area contributed by atoms with E-state index in [1.54, 1.807) is 30.3 Å². The van der Waals surface area contributed by atoms with Crippen molar-refractivity contribution >= 4 is 38.8 Å². The number of benzene rings is 2. The van der Waals surface area contributed by atoms with Gasteiger partial charge in [-0.25, -0.2) is 9.59 Å². The number of carbonyl (C=O) groups is 2. The molecule has 0 aliphatic heterocycles. The Morgan fingerprint density at radius 3 is 2.55 bits per heavy atom. The van der Waals surface area contributed by atoms with E-state index >= 15 is 0 Å². The molecule has 0 bridgehead atoms. The summed E-state index contributed by atoms with van der Waals surface area (Å²) < 4.78 is 16.7. The molecule has 0 aliphatic rings. The van der Waals surface area contributed by atoms with Crippen LogP contribution in [-0.4, -0.2) is 25.0 Å². The van der Waals surface area contributed by atoms with Crippen LogP contribution < -0.4 is 20.4 Å². The van der Waals surface area contributed by atoms with E-state index in [0.29, 0.717) is 11.1 Å². The molecule has 1 aromatic heterocycles. The van der Waals surface area contributed by atoms with Gasteiger partial charge in [0.05, 0.1) is 0 Å². The summed E-state index contributed by atoms with van der Waals surface area (Å²) in [5.74, 6) is -0.456. The Labute approximate surface area is 174 Å². The van der Waals surface area contributed by atoms with E-state index < -0.39 is 17.5 Å². The number of carbonyl (C=O) groups excluding carboxylic acids is 2. The number of esters is 1. The summed E-state index contributed by atoms with van der Waals surface area (Å²) in [7, 11) is 0. The average molecular weight is 458 g/mol. The van der Waals surface area contributed by atoms with Crippen LogP contribution in [0.15, 0.2) is 74.9 Å². The Balaban J connectivity index is 1.69. The Morgan fingerprint density at radius 2 is 1.83 bits per heavy atom. The van der Waals surface area contributed by atoms with Gasteiger partial charge < -0.3 is 19.2 Å². The Kier molecular flexibility index (Phi) is 6.46. The minimum Gasteiger partial charge on any atom is -0.482 e. The summed E-state index contributed by atoms with van der Waals surface area (Å²) >= 11 is 3.31. The van der Waals surface area contributed by atoms with Crippen molar-refractivity contribution in [2.24, 2.45) is 0 Å². The van der Waals surface area contributed by atoms with Crippen LogP contribution in [0.2, 0.25) is 0 Å². The smallest absolute Gasteiger partial charge is 0.349 e. The number of rotatable bonds is 7. The van der Waals surface area contributed by atoms with Crippen LogP contribution in [-0.2, 0) is 4.79 Å². The molecule has 0 aliphatic carbocycles. The molecule has 0 saturated heterocycles. The second-order valence-corrected chi connectivity index (χ2v) is 6.78.